The van der Waals surface area contributed by atoms with Crippen LogP contribution in [0.4, 0.5) is 0 Å². The Morgan fingerprint density at radius 1 is 1.02 bits per heavy atom. The van der Waals surface area contributed by atoms with E-state index in [2.05, 4.69) is 15.6 Å². The van der Waals surface area contributed by atoms with Gasteiger partial charge >= 0.3 is 5.97 Å². The van der Waals surface area contributed by atoms with Crippen LogP contribution in [-0.4, -0.2) is 79.7 Å². The topological polar surface area (TPSA) is 158 Å². The number of nitrogens with one attached hydrogen (secondary N) is 2. The summed E-state index contributed by atoms with van der Waals surface area (Å²) < 4.78 is 7.05. The van der Waals surface area contributed by atoms with Crippen LogP contribution in [0.5, 0.6) is 5.88 Å². The van der Waals surface area contributed by atoms with E-state index in [1.165, 1.54) is 10.6 Å². The number of halogens is 2. The number of methoxy groups -OCH3 is 1. The number of likely N-dealkylation sites (tertiary alicyclic amines) is 1. The second-order valence-corrected chi connectivity index (χ2v) is 13.8. The van der Waals surface area contributed by atoms with Crippen LogP contribution in [0.25, 0.3) is 39.2 Å². The Hall–Kier alpha value is -4.85. The third-order valence-electron chi connectivity index (χ3n) is 9.62. The fourth-order valence-corrected chi connectivity index (χ4v) is 7.62. The third-order valence-corrected chi connectivity index (χ3v) is 10.4. The van der Waals surface area contributed by atoms with Crippen molar-refractivity contribution >= 4 is 40.7 Å². The molecule has 0 radical (unpaired) electrons. The van der Waals surface area contributed by atoms with E-state index in [0.29, 0.717) is 74.6 Å². The molecule has 12 nitrogen and oxygen atoms in total. The molecule has 2 fully saturated rings. The Kier molecular flexibility index (Phi) is 10.3. The van der Waals surface area contributed by atoms with Gasteiger partial charge in [0.15, 0.2) is 0 Å². The first-order valence-electron chi connectivity index (χ1n) is 16.9. The van der Waals surface area contributed by atoms with E-state index in [1.807, 2.05) is 48.5 Å². The first-order chi connectivity index (χ1) is 25.1. The molecule has 5 heterocycles. The normalized spacial score (nSPS) is 18.9. The molecule has 14 heteroatoms. The van der Waals surface area contributed by atoms with Crippen molar-refractivity contribution in [2.24, 2.45) is 0 Å². The number of benzene rings is 2. The summed E-state index contributed by atoms with van der Waals surface area (Å²) in [4.78, 5) is 47.4. The van der Waals surface area contributed by atoms with Gasteiger partial charge in [0.05, 0.1) is 34.5 Å². The van der Waals surface area contributed by atoms with Crippen molar-refractivity contribution < 1.29 is 24.5 Å². The van der Waals surface area contributed by atoms with Gasteiger partial charge in [-0.25, -0.2) is 9.97 Å². The van der Waals surface area contributed by atoms with Gasteiger partial charge in [0.1, 0.15) is 11.7 Å². The van der Waals surface area contributed by atoms with Crippen LogP contribution in [-0.2, 0) is 22.7 Å². The Morgan fingerprint density at radius 2 is 1.75 bits per heavy atom. The second kappa shape index (κ2) is 15.0. The number of carboxylic acid groups (broad SMARTS) is 1. The molecule has 4 N–H and O–H groups in total. The van der Waals surface area contributed by atoms with Crippen molar-refractivity contribution in [1.29, 1.82) is 0 Å². The summed E-state index contributed by atoms with van der Waals surface area (Å²) in [6.45, 7) is 1.40. The molecule has 268 valence electrons. The number of nitrogens with zero attached hydrogens (tertiary/aromatic N) is 4. The van der Waals surface area contributed by atoms with Crippen LogP contribution >= 0.6 is 23.2 Å². The molecule has 3 aromatic heterocycles. The molecule has 5 aromatic rings. The van der Waals surface area contributed by atoms with E-state index < -0.39 is 18.1 Å². The Labute approximate surface area is 309 Å². The molecule has 0 bridgehead atoms. The van der Waals surface area contributed by atoms with Gasteiger partial charge in [0.2, 0.25) is 11.8 Å². The summed E-state index contributed by atoms with van der Waals surface area (Å²) in [5.41, 5.74) is 5.48. The lowest BCUT2D eigenvalue weighted by atomic mass is 9.97. The van der Waals surface area contributed by atoms with E-state index >= 15 is 0 Å². The number of aliphatic carboxylic acids is 1. The van der Waals surface area contributed by atoms with Crippen LogP contribution < -0.4 is 20.9 Å². The smallest absolute Gasteiger partial charge is 0.321 e. The van der Waals surface area contributed by atoms with E-state index in [0.717, 1.165) is 17.5 Å². The highest BCUT2D eigenvalue weighted by Gasteiger charge is 2.36. The summed E-state index contributed by atoms with van der Waals surface area (Å²) in [7, 11) is 1.57. The van der Waals surface area contributed by atoms with Gasteiger partial charge in [0.25, 0.3) is 5.56 Å². The highest BCUT2D eigenvalue weighted by atomic mass is 35.5. The van der Waals surface area contributed by atoms with Gasteiger partial charge in [-0.15, -0.1) is 0 Å². The molecular weight excluding hydrogens is 707 g/mol. The van der Waals surface area contributed by atoms with Gasteiger partial charge in [-0.3, -0.25) is 23.7 Å². The molecule has 3 atom stereocenters. The number of carboxylic acids is 1. The van der Waals surface area contributed by atoms with Crippen LogP contribution in [0.3, 0.4) is 0 Å². The molecule has 2 aromatic carbocycles. The number of fused-ring (bicyclic) bond motifs is 1. The molecule has 7 rings (SSSR count). The lowest BCUT2D eigenvalue weighted by molar-refractivity contribution is -0.142. The lowest BCUT2D eigenvalue weighted by Crippen LogP contribution is -2.37. The van der Waals surface area contributed by atoms with Crippen LogP contribution in [0.1, 0.15) is 30.4 Å². The van der Waals surface area contributed by atoms with Gasteiger partial charge < -0.3 is 25.6 Å². The van der Waals surface area contributed by atoms with Crippen LogP contribution in [0.15, 0.2) is 77.9 Å². The molecule has 0 aliphatic carbocycles. The van der Waals surface area contributed by atoms with E-state index in [9.17, 15) is 24.6 Å². The maximum absolute atomic E-state index is 13.4. The molecule has 0 saturated carbocycles. The minimum Gasteiger partial charge on any atom is -0.481 e. The monoisotopic (exact) mass is 742 g/mol. The van der Waals surface area contributed by atoms with Crippen molar-refractivity contribution in [3.05, 3.63) is 105 Å². The van der Waals surface area contributed by atoms with Gasteiger partial charge in [-0.2, -0.15) is 0 Å². The molecule has 2 aliphatic heterocycles. The first kappa shape index (κ1) is 35.5. The predicted octanol–water partition coefficient (Wildman–Crippen LogP) is 4.79. The number of amides is 1. The van der Waals surface area contributed by atoms with Crippen molar-refractivity contribution in [3.8, 4) is 39.4 Å². The average molecular weight is 744 g/mol. The zero-order valence-corrected chi connectivity index (χ0v) is 29.7. The van der Waals surface area contributed by atoms with Crippen molar-refractivity contribution in [2.45, 2.75) is 50.5 Å². The molecule has 0 unspecified atom stereocenters. The fourth-order valence-electron chi connectivity index (χ4n) is 6.96. The largest absolute Gasteiger partial charge is 0.481 e. The maximum atomic E-state index is 13.4. The fraction of sp³-hybridized carbons (Fsp3) is 0.289. The number of ether oxygens (including phenoxy) is 1. The third kappa shape index (κ3) is 7.12. The molecule has 52 heavy (non-hydrogen) atoms. The molecular formula is C38H36Cl2N6O6. The standard InChI is InChI=1S/C38H36Cl2N6O6/c1-52-36-22(16-41-18-24-9-11-33(48)43-24)8-10-30(44-36)29-7-3-6-28(35(29)40)27-5-2-4-26(34(27)39)21-12-13-46-32(14-21)42-17-23(37(46)49)19-45-20-25(47)15-31(45)38(50)51/h2-8,10,12-14,17,24-25,31,41,47H,9,11,15-16,18-20H2,1H3,(H,43,48)(H,50,51)/t24-,25+,31-/m1/s1. The Balaban J connectivity index is 1.14. The van der Waals surface area contributed by atoms with Crippen molar-refractivity contribution in [3.63, 3.8) is 0 Å². The van der Waals surface area contributed by atoms with Crippen LogP contribution in [0, 0.1) is 0 Å². The molecule has 0 spiro atoms. The predicted molar refractivity (Wildman–Crippen MR) is 197 cm³/mol. The lowest BCUT2D eigenvalue weighted by Gasteiger charge is -2.20. The number of aliphatic hydroxyl groups excluding tert-OH is 1. The SMILES string of the molecule is COc1nc(-c2cccc(-c3cccc(-c4ccn5c(=O)c(CN6C[C@@H](O)C[C@@H]6C(=O)O)cnc5c4)c3Cl)c2Cl)ccc1CNC[C@H]1CCC(=O)N1. The minimum atomic E-state index is -1.04. The summed E-state index contributed by atoms with van der Waals surface area (Å²) in [6.07, 6.45) is 3.79. The number of pyridine rings is 2. The Bertz CT molecular complexity index is 2250. The van der Waals surface area contributed by atoms with Gasteiger partial charge in [-0.05, 0) is 30.2 Å². The second-order valence-electron chi connectivity index (χ2n) is 13.0. The number of hydrogen-bond acceptors (Lipinski definition) is 9. The number of aliphatic hydroxyl groups is 1. The molecule has 2 aliphatic rings. The number of hydrogen-bond donors (Lipinski definition) is 4. The summed E-state index contributed by atoms with van der Waals surface area (Å²) in [5, 5.41) is 26.8. The summed E-state index contributed by atoms with van der Waals surface area (Å²) in [5.74, 6) is -0.485. The number of aromatic nitrogens is 3. The van der Waals surface area contributed by atoms with Gasteiger partial charge in [0, 0.05) is 85.3 Å². The molecule has 2 saturated heterocycles. The van der Waals surface area contributed by atoms with E-state index in [-0.39, 0.29) is 37.0 Å². The highest BCUT2D eigenvalue weighted by Crippen LogP contribution is 2.42. The highest BCUT2D eigenvalue weighted by molar-refractivity contribution is 6.39. The van der Waals surface area contributed by atoms with Crippen LogP contribution in [0.2, 0.25) is 10.0 Å². The van der Waals surface area contributed by atoms with Gasteiger partial charge in [-0.1, -0.05) is 65.7 Å². The average Bonchev–Trinajstić information content (AvgIpc) is 3.73. The quantitative estimate of drug-likeness (QED) is 0.148. The van der Waals surface area contributed by atoms with Crippen molar-refractivity contribution in [1.82, 2.24) is 29.9 Å². The summed E-state index contributed by atoms with van der Waals surface area (Å²) in [6, 6.07) is 18.0. The zero-order valence-electron chi connectivity index (χ0n) is 28.2. The zero-order chi connectivity index (χ0) is 36.5. The Morgan fingerprint density at radius 3 is 2.46 bits per heavy atom. The number of carbonyl (C=O) groups excluding carboxylic acids is 1. The number of rotatable bonds is 11. The number of carbonyl (C=O) groups is 2. The number of β-amino-alcohol motifs (C(OH)–C–C–N with tert-alkyl or cyclic N) is 1. The molecule has 1 amide bonds. The van der Waals surface area contributed by atoms with E-state index in [1.54, 1.807) is 30.3 Å². The van der Waals surface area contributed by atoms with Crippen molar-refractivity contribution in [2.75, 3.05) is 20.2 Å². The maximum Gasteiger partial charge on any atom is 0.321 e. The summed E-state index contributed by atoms with van der Waals surface area (Å²) >= 11 is 14.2. The van der Waals surface area contributed by atoms with E-state index in [4.69, 9.17) is 32.9 Å². The first-order valence-corrected chi connectivity index (χ1v) is 17.6. The minimum absolute atomic E-state index is 0.0598.